The number of benzene rings is 2. The third-order valence-corrected chi connectivity index (χ3v) is 6.56. The van der Waals surface area contributed by atoms with E-state index in [4.69, 9.17) is 4.74 Å². The third-order valence-electron chi connectivity index (χ3n) is 5.59. The Balaban J connectivity index is 1.52. The Morgan fingerprint density at radius 1 is 1.03 bits per heavy atom. The van der Waals surface area contributed by atoms with Gasteiger partial charge in [0.1, 0.15) is 12.4 Å². The van der Waals surface area contributed by atoms with Gasteiger partial charge in [0.15, 0.2) is 0 Å². The standard InChI is InChI=1S/C25H28N4O3S/c1-32-13-12-26-24(31)15-29-25(21-16-33-17-22(21)28-29)27-23(30)14-20(18-8-4-2-5-9-18)19-10-6-3-7-11-19/h2-11,20H,12-17H2,1H3,(H,26,31)(H,27,30). The van der Waals surface area contributed by atoms with Crippen LogP contribution in [0.15, 0.2) is 60.7 Å². The highest BCUT2D eigenvalue weighted by Crippen LogP contribution is 2.35. The summed E-state index contributed by atoms with van der Waals surface area (Å²) in [6.07, 6.45) is 0.293. The van der Waals surface area contributed by atoms with E-state index in [1.54, 1.807) is 23.6 Å². The molecule has 0 aliphatic carbocycles. The van der Waals surface area contributed by atoms with E-state index in [1.807, 2.05) is 60.7 Å². The maximum Gasteiger partial charge on any atom is 0.241 e. The molecule has 8 heteroatoms. The molecule has 0 atom stereocenters. The summed E-state index contributed by atoms with van der Waals surface area (Å²) in [6, 6.07) is 20.1. The molecule has 4 rings (SSSR count). The first-order valence-electron chi connectivity index (χ1n) is 11.0. The summed E-state index contributed by atoms with van der Waals surface area (Å²) >= 11 is 1.76. The number of hydrogen-bond acceptors (Lipinski definition) is 5. The van der Waals surface area contributed by atoms with Crippen LogP contribution in [0.1, 0.15) is 34.7 Å². The van der Waals surface area contributed by atoms with Crippen LogP contribution in [0.2, 0.25) is 0 Å². The molecule has 2 aromatic carbocycles. The van der Waals surface area contributed by atoms with Crippen molar-refractivity contribution in [1.29, 1.82) is 0 Å². The summed E-state index contributed by atoms with van der Waals surface area (Å²) in [6.45, 7) is 0.934. The fraction of sp³-hybridized carbons (Fsp3) is 0.320. The molecule has 2 amide bonds. The van der Waals surface area contributed by atoms with Gasteiger partial charge in [-0.15, -0.1) is 0 Å². The maximum atomic E-state index is 13.2. The molecular formula is C25H28N4O3S. The van der Waals surface area contributed by atoms with Gasteiger partial charge in [-0.2, -0.15) is 16.9 Å². The molecule has 1 aromatic heterocycles. The Bertz CT molecular complexity index is 1050. The van der Waals surface area contributed by atoms with Crippen LogP contribution in [-0.2, 0) is 32.4 Å². The minimum atomic E-state index is -0.164. The molecule has 0 bridgehead atoms. The van der Waals surface area contributed by atoms with Crippen LogP contribution in [0.5, 0.6) is 0 Å². The molecule has 3 aromatic rings. The molecule has 7 nitrogen and oxygen atoms in total. The van der Waals surface area contributed by atoms with Crippen molar-refractivity contribution >= 4 is 29.4 Å². The third kappa shape index (κ3) is 5.83. The Morgan fingerprint density at radius 2 is 1.70 bits per heavy atom. The van der Waals surface area contributed by atoms with Crippen molar-refractivity contribution in [2.45, 2.75) is 30.4 Å². The second kappa shape index (κ2) is 11.2. The average Bonchev–Trinajstić information content (AvgIpc) is 3.41. The van der Waals surface area contributed by atoms with Crippen molar-refractivity contribution in [3.8, 4) is 0 Å². The molecule has 0 unspecified atom stereocenters. The van der Waals surface area contributed by atoms with Crippen molar-refractivity contribution < 1.29 is 14.3 Å². The summed E-state index contributed by atoms with van der Waals surface area (Å²) < 4.78 is 6.60. The number of carbonyl (C=O) groups excluding carboxylic acids is 2. The quantitative estimate of drug-likeness (QED) is 0.448. The van der Waals surface area contributed by atoms with E-state index in [2.05, 4.69) is 15.7 Å². The number of thioether (sulfide) groups is 1. The summed E-state index contributed by atoms with van der Waals surface area (Å²) in [4.78, 5) is 25.6. The number of nitrogens with one attached hydrogen (secondary N) is 2. The molecule has 1 aliphatic rings. The molecule has 0 radical (unpaired) electrons. The highest BCUT2D eigenvalue weighted by molar-refractivity contribution is 7.98. The first-order valence-corrected chi connectivity index (χ1v) is 12.1. The molecule has 172 valence electrons. The number of hydrogen-bond donors (Lipinski definition) is 2. The molecule has 0 spiro atoms. The number of nitrogens with zero attached hydrogens (tertiary/aromatic N) is 2. The van der Waals surface area contributed by atoms with Crippen LogP contribution in [0.3, 0.4) is 0 Å². The molecule has 2 N–H and O–H groups in total. The van der Waals surface area contributed by atoms with Crippen molar-refractivity contribution in [2.75, 3.05) is 25.6 Å². The SMILES string of the molecule is COCCNC(=O)Cn1nc2c(c1NC(=O)CC(c1ccccc1)c1ccccc1)CSC2. The molecular weight excluding hydrogens is 436 g/mol. The number of amides is 2. The number of anilines is 1. The van der Waals surface area contributed by atoms with Gasteiger partial charge in [-0.3, -0.25) is 9.59 Å². The smallest absolute Gasteiger partial charge is 0.241 e. The van der Waals surface area contributed by atoms with Gasteiger partial charge < -0.3 is 15.4 Å². The summed E-state index contributed by atoms with van der Waals surface area (Å²) in [5.41, 5.74) is 4.12. The van der Waals surface area contributed by atoms with E-state index >= 15 is 0 Å². The summed E-state index contributed by atoms with van der Waals surface area (Å²) in [7, 11) is 1.59. The van der Waals surface area contributed by atoms with Crippen LogP contribution in [0, 0.1) is 0 Å². The molecule has 33 heavy (non-hydrogen) atoms. The van der Waals surface area contributed by atoms with Gasteiger partial charge in [0.05, 0.1) is 12.3 Å². The van der Waals surface area contributed by atoms with E-state index < -0.39 is 0 Å². The number of rotatable bonds is 10. The normalized spacial score (nSPS) is 12.5. The zero-order valence-corrected chi connectivity index (χ0v) is 19.4. The largest absolute Gasteiger partial charge is 0.383 e. The van der Waals surface area contributed by atoms with Crippen LogP contribution >= 0.6 is 11.8 Å². The monoisotopic (exact) mass is 464 g/mol. The molecule has 2 heterocycles. The lowest BCUT2D eigenvalue weighted by Gasteiger charge is -2.18. The molecule has 0 fully saturated rings. The second-order valence-corrected chi connectivity index (χ2v) is 8.88. The van der Waals surface area contributed by atoms with Crippen LogP contribution in [-0.4, -0.2) is 41.9 Å². The Labute approximate surface area is 197 Å². The number of fused-ring (bicyclic) bond motifs is 1. The molecule has 0 saturated carbocycles. The van der Waals surface area contributed by atoms with Crippen LogP contribution in [0.4, 0.5) is 5.82 Å². The fourth-order valence-corrected chi connectivity index (χ4v) is 5.01. The lowest BCUT2D eigenvalue weighted by atomic mass is 9.88. The van der Waals surface area contributed by atoms with E-state index in [0.717, 1.165) is 33.9 Å². The van der Waals surface area contributed by atoms with E-state index in [0.29, 0.717) is 25.4 Å². The van der Waals surface area contributed by atoms with Gasteiger partial charge in [0.2, 0.25) is 11.8 Å². The maximum absolute atomic E-state index is 13.2. The minimum absolute atomic E-state index is 0.0534. The highest BCUT2D eigenvalue weighted by atomic mass is 32.2. The number of carbonyl (C=O) groups is 2. The molecule has 0 saturated heterocycles. The van der Waals surface area contributed by atoms with Crippen molar-refractivity contribution in [3.05, 3.63) is 83.0 Å². The van der Waals surface area contributed by atoms with Gasteiger partial charge in [-0.25, -0.2) is 4.68 Å². The van der Waals surface area contributed by atoms with Gasteiger partial charge in [0.25, 0.3) is 0 Å². The van der Waals surface area contributed by atoms with Crippen LogP contribution in [0.25, 0.3) is 0 Å². The summed E-state index contributed by atoms with van der Waals surface area (Å²) in [5, 5.41) is 10.5. The minimum Gasteiger partial charge on any atom is -0.383 e. The van der Waals surface area contributed by atoms with Crippen LogP contribution < -0.4 is 10.6 Å². The van der Waals surface area contributed by atoms with Gasteiger partial charge >= 0.3 is 0 Å². The zero-order valence-electron chi connectivity index (χ0n) is 18.6. The number of ether oxygens (including phenoxy) is 1. The predicted octanol–water partition coefficient (Wildman–Crippen LogP) is 3.55. The highest BCUT2D eigenvalue weighted by Gasteiger charge is 2.26. The summed E-state index contributed by atoms with van der Waals surface area (Å²) in [5.74, 6) is 1.85. The zero-order chi connectivity index (χ0) is 23.0. The van der Waals surface area contributed by atoms with E-state index in [-0.39, 0.29) is 24.3 Å². The Morgan fingerprint density at radius 3 is 2.33 bits per heavy atom. The predicted molar refractivity (Wildman–Crippen MR) is 130 cm³/mol. The Kier molecular flexibility index (Phi) is 7.80. The van der Waals surface area contributed by atoms with Gasteiger partial charge in [-0.1, -0.05) is 60.7 Å². The number of methoxy groups -OCH3 is 1. The topological polar surface area (TPSA) is 85.2 Å². The Hall–Kier alpha value is -3.10. The van der Waals surface area contributed by atoms with Crippen molar-refractivity contribution in [2.24, 2.45) is 0 Å². The second-order valence-electron chi connectivity index (χ2n) is 7.89. The fourth-order valence-electron chi connectivity index (χ4n) is 3.97. The van der Waals surface area contributed by atoms with Gasteiger partial charge in [-0.05, 0) is 11.1 Å². The van der Waals surface area contributed by atoms with E-state index in [9.17, 15) is 9.59 Å². The van der Waals surface area contributed by atoms with E-state index in [1.165, 1.54) is 0 Å². The molecule has 1 aliphatic heterocycles. The lowest BCUT2D eigenvalue weighted by molar-refractivity contribution is -0.122. The average molecular weight is 465 g/mol. The first-order chi connectivity index (χ1) is 16.2. The van der Waals surface area contributed by atoms with Crippen molar-refractivity contribution in [3.63, 3.8) is 0 Å². The number of aromatic nitrogens is 2. The van der Waals surface area contributed by atoms with Gasteiger partial charge in [0, 0.05) is 43.1 Å². The first kappa shape index (κ1) is 23.1. The lowest BCUT2D eigenvalue weighted by Crippen LogP contribution is -2.31. The van der Waals surface area contributed by atoms with Crippen molar-refractivity contribution in [1.82, 2.24) is 15.1 Å².